The maximum Gasteiger partial charge on any atom is 0.228 e. The molecule has 2 heterocycles. The third kappa shape index (κ3) is 4.60. The molecule has 0 saturated carbocycles. The van der Waals surface area contributed by atoms with E-state index in [4.69, 9.17) is 25.9 Å². The van der Waals surface area contributed by atoms with Crippen molar-refractivity contribution in [2.24, 2.45) is 5.73 Å². The average Bonchev–Trinajstić information content (AvgIpc) is 2.83. The number of piperazine rings is 1. The Kier molecular flexibility index (Phi) is 6.98. The molecule has 0 radical (unpaired) electrons. The summed E-state index contributed by atoms with van der Waals surface area (Å²) in [4.78, 5) is 14.0. The summed E-state index contributed by atoms with van der Waals surface area (Å²) < 4.78 is 11.6. The van der Waals surface area contributed by atoms with Gasteiger partial charge in [-0.25, -0.2) is 4.98 Å². The molecule has 1 aromatic heterocycles. The summed E-state index contributed by atoms with van der Waals surface area (Å²) in [6.07, 6.45) is 0.929. The van der Waals surface area contributed by atoms with Gasteiger partial charge in [-0.05, 0) is 34.0 Å². The predicted octanol–water partition coefficient (Wildman–Crippen LogP) is 3.20. The third-order valence-corrected chi connectivity index (χ3v) is 6.67. The van der Waals surface area contributed by atoms with Gasteiger partial charge in [0, 0.05) is 44.2 Å². The zero-order chi connectivity index (χ0) is 22.7. The van der Waals surface area contributed by atoms with E-state index in [2.05, 4.69) is 42.8 Å². The van der Waals surface area contributed by atoms with E-state index in [1.165, 1.54) is 5.56 Å². The molecule has 1 aliphatic rings. The summed E-state index contributed by atoms with van der Waals surface area (Å²) in [5.41, 5.74) is 14.5. The van der Waals surface area contributed by atoms with Crippen LogP contribution in [-0.4, -0.2) is 61.8 Å². The van der Waals surface area contributed by atoms with Crippen molar-refractivity contribution < 1.29 is 9.47 Å². The lowest BCUT2D eigenvalue weighted by molar-refractivity contribution is 0.247. The lowest BCUT2D eigenvalue weighted by Gasteiger charge is -2.35. The topological polar surface area (TPSA) is 103 Å². The first-order chi connectivity index (χ1) is 15.5. The number of nitrogens with two attached hydrogens (primary N) is 2. The van der Waals surface area contributed by atoms with E-state index in [0.29, 0.717) is 33.3 Å². The van der Waals surface area contributed by atoms with Crippen molar-refractivity contribution in [2.75, 3.05) is 57.6 Å². The average molecular weight is 501 g/mol. The Morgan fingerprint density at radius 3 is 2.44 bits per heavy atom. The van der Waals surface area contributed by atoms with Crippen LogP contribution in [-0.2, 0) is 0 Å². The van der Waals surface area contributed by atoms with E-state index in [1.807, 2.05) is 24.3 Å². The van der Waals surface area contributed by atoms with Gasteiger partial charge >= 0.3 is 0 Å². The summed E-state index contributed by atoms with van der Waals surface area (Å²) >= 11 is 3.60. The molecule has 4 rings (SSSR count). The third-order valence-electron chi connectivity index (χ3n) is 5.93. The maximum atomic E-state index is 6.36. The molecule has 1 saturated heterocycles. The molecule has 1 atom stereocenters. The number of rotatable bonds is 7. The Morgan fingerprint density at radius 1 is 1.06 bits per heavy atom. The normalized spacial score (nSPS) is 15.7. The van der Waals surface area contributed by atoms with Crippen LogP contribution in [0.3, 0.4) is 0 Å². The van der Waals surface area contributed by atoms with Gasteiger partial charge in [0.25, 0.3) is 0 Å². The standard InChI is InChI=1S/C23H29BrN6O2/c1-31-18-14-16-20(19(24)21(18)32-2)27-23(28-22(16)26)30-12-10-29(11-13-30)9-8-17(25)15-6-4-3-5-7-15/h3-7,14,17H,8-13,25H2,1-2H3,(H2,26,27,28). The molecular formula is C23H29BrN6O2. The first-order valence-electron chi connectivity index (χ1n) is 10.7. The van der Waals surface area contributed by atoms with Crippen LogP contribution in [0.4, 0.5) is 11.8 Å². The monoisotopic (exact) mass is 500 g/mol. The van der Waals surface area contributed by atoms with E-state index in [1.54, 1.807) is 14.2 Å². The highest BCUT2D eigenvalue weighted by molar-refractivity contribution is 9.10. The lowest BCUT2D eigenvalue weighted by Crippen LogP contribution is -2.47. The van der Waals surface area contributed by atoms with Crippen LogP contribution in [0.25, 0.3) is 10.9 Å². The lowest BCUT2D eigenvalue weighted by atomic mass is 10.0. The van der Waals surface area contributed by atoms with Crippen molar-refractivity contribution in [3.8, 4) is 11.5 Å². The fraction of sp³-hybridized carbons (Fsp3) is 0.391. The molecule has 0 spiro atoms. The maximum absolute atomic E-state index is 6.36. The molecule has 4 N–H and O–H groups in total. The van der Waals surface area contributed by atoms with Gasteiger partial charge in [0.1, 0.15) is 5.82 Å². The van der Waals surface area contributed by atoms with Crippen molar-refractivity contribution in [1.29, 1.82) is 0 Å². The fourth-order valence-electron chi connectivity index (χ4n) is 4.04. The SMILES string of the molecule is COc1cc2c(N)nc(N3CCN(CCC(N)c4ccccc4)CC3)nc2c(Br)c1OC. The Balaban J connectivity index is 1.44. The van der Waals surface area contributed by atoms with E-state index in [-0.39, 0.29) is 6.04 Å². The van der Waals surface area contributed by atoms with Crippen LogP contribution in [0, 0.1) is 0 Å². The van der Waals surface area contributed by atoms with Crippen molar-refractivity contribution in [1.82, 2.24) is 14.9 Å². The molecule has 0 aliphatic carbocycles. The molecule has 1 unspecified atom stereocenters. The van der Waals surface area contributed by atoms with Gasteiger partial charge in [-0.3, -0.25) is 4.90 Å². The summed E-state index contributed by atoms with van der Waals surface area (Å²) in [6.45, 7) is 4.48. The zero-order valence-electron chi connectivity index (χ0n) is 18.4. The van der Waals surface area contributed by atoms with Crippen molar-refractivity contribution in [3.63, 3.8) is 0 Å². The Hall–Kier alpha value is -2.62. The number of nitrogens with zero attached hydrogens (tertiary/aromatic N) is 4. The smallest absolute Gasteiger partial charge is 0.228 e. The van der Waals surface area contributed by atoms with E-state index in [9.17, 15) is 0 Å². The number of methoxy groups -OCH3 is 2. The molecule has 0 bridgehead atoms. The molecular weight excluding hydrogens is 472 g/mol. The highest BCUT2D eigenvalue weighted by Crippen LogP contribution is 2.42. The molecule has 2 aromatic carbocycles. The molecule has 1 fully saturated rings. The van der Waals surface area contributed by atoms with Gasteiger partial charge in [-0.15, -0.1) is 0 Å². The summed E-state index contributed by atoms with van der Waals surface area (Å²) in [5.74, 6) is 2.22. The van der Waals surface area contributed by atoms with Gasteiger partial charge in [0.05, 0.1) is 24.2 Å². The highest BCUT2D eigenvalue weighted by Gasteiger charge is 2.23. The first kappa shape index (κ1) is 22.6. The highest BCUT2D eigenvalue weighted by atomic mass is 79.9. The van der Waals surface area contributed by atoms with E-state index < -0.39 is 0 Å². The van der Waals surface area contributed by atoms with Crippen molar-refractivity contribution >= 4 is 38.6 Å². The van der Waals surface area contributed by atoms with E-state index >= 15 is 0 Å². The van der Waals surface area contributed by atoms with Crippen LogP contribution in [0.1, 0.15) is 18.0 Å². The molecule has 3 aromatic rings. The molecule has 0 amide bonds. The number of benzene rings is 2. The molecule has 32 heavy (non-hydrogen) atoms. The van der Waals surface area contributed by atoms with Gasteiger partial charge in [-0.2, -0.15) is 4.98 Å². The second-order valence-corrected chi connectivity index (χ2v) is 8.66. The Morgan fingerprint density at radius 2 is 1.78 bits per heavy atom. The fourth-order valence-corrected chi connectivity index (χ4v) is 4.70. The number of anilines is 2. The quantitative estimate of drug-likeness (QED) is 0.509. The summed E-state index contributed by atoms with van der Waals surface area (Å²) in [6, 6.07) is 12.1. The molecule has 1 aliphatic heterocycles. The van der Waals surface area contributed by atoms with Crippen LogP contribution >= 0.6 is 15.9 Å². The summed E-state index contributed by atoms with van der Waals surface area (Å²) in [7, 11) is 3.19. The number of nitrogen functional groups attached to an aromatic ring is 1. The second kappa shape index (κ2) is 9.89. The van der Waals surface area contributed by atoms with Gasteiger partial charge in [0.2, 0.25) is 5.95 Å². The molecule has 8 nitrogen and oxygen atoms in total. The number of fused-ring (bicyclic) bond motifs is 1. The van der Waals surface area contributed by atoms with Gasteiger partial charge < -0.3 is 25.8 Å². The van der Waals surface area contributed by atoms with Gasteiger partial charge in [-0.1, -0.05) is 30.3 Å². The zero-order valence-corrected chi connectivity index (χ0v) is 20.0. The largest absolute Gasteiger partial charge is 0.493 e. The van der Waals surface area contributed by atoms with Crippen LogP contribution in [0.5, 0.6) is 11.5 Å². The second-order valence-electron chi connectivity index (χ2n) is 7.87. The minimum atomic E-state index is 0.0576. The van der Waals surface area contributed by atoms with Crippen LogP contribution < -0.4 is 25.8 Å². The predicted molar refractivity (Wildman–Crippen MR) is 131 cm³/mol. The molecule has 9 heteroatoms. The van der Waals surface area contributed by atoms with E-state index in [0.717, 1.165) is 44.5 Å². The van der Waals surface area contributed by atoms with Crippen molar-refractivity contribution in [2.45, 2.75) is 12.5 Å². The number of aromatic nitrogens is 2. The van der Waals surface area contributed by atoms with Crippen LogP contribution in [0.15, 0.2) is 40.9 Å². The first-order valence-corrected chi connectivity index (χ1v) is 11.5. The number of hydrogen-bond acceptors (Lipinski definition) is 8. The van der Waals surface area contributed by atoms with Crippen molar-refractivity contribution in [3.05, 3.63) is 46.4 Å². The van der Waals surface area contributed by atoms with Crippen LogP contribution in [0.2, 0.25) is 0 Å². The number of hydrogen-bond donors (Lipinski definition) is 2. The minimum absolute atomic E-state index is 0.0576. The van der Waals surface area contributed by atoms with Gasteiger partial charge in [0.15, 0.2) is 11.5 Å². The Labute approximate surface area is 196 Å². The Bertz CT molecular complexity index is 1070. The molecule has 170 valence electrons. The summed E-state index contributed by atoms with van der Waals surface area (Å²) in [5, 5.41) is 0.729. The minimum Gasteiger partial charge on any atom is -0.493 e. The number of halogens is 1. The number of ether oxygens (including phenoxy) is 2.